The minimum Gasteiger partial charge on any atom is -0.340 e. The number of amides is 3. The Balaban J connectivity index is 1.41. The topological polar surface area (TPSA) is 129 Å². The lowest BCUT2D eigenvalue weighted by atomic mass is 10.2. The molecule has 0 saturated carbocycles. The van der Waals surface area contributed by atoms with E-state index in [1.54, 1.807) is 30.3 Å². The van der Waals surface area contributed by atoms with Gasteiger partial charge in [0.1, 0.15) is 5.69 Å². The molecule has 164 valence electrons. The van der Waals surface area contributed by atoms with Crippen LogP contribution in [0.3, 0.4) is 0 Å². The first-order valence-electron chi connectivity index (χ1n) is 9.71. The number of hydrogen-bond donors (Lipinski definition) is 2. The molecule has 1 aromatic carbocycles. The Morgan fingerprint density at radius 2 is 1.55 bits per heavy atom. The van der Waals surface area contributed by atoms with Crippen LogP contribution in [0, 0.1) is 0 Å². The predicted octanol–water partition coefficient (Wildman–Crippen LogP) is 0.156. The fourth-order valence-corrected chi connectivity index (χ4v) is 4.49. The van der Waals surface area contributed by atoms with Gasteiger partial charge in [0.2, 0.25) is 21.8 Å². The Morgan fingerprint density at radius 1 is 0.871 bits per heavy atom. The van der Waals surface area contributed by atoms with E-state index in [-0.39, 0.29) is 55.5 Å². The summed E-state index contributed by atoms with van der Waals surface area (Å²) in [7, 11) is -3.59. The lowest BCUT2D eigenvalue weighted by Gasteiger charge is -2.34. The summed E-state index contributed by atoms with van der Waals surface area (Å²) in [6.07, 6.45) is 1.31. The summed E-state index contributed by atoms with van der Waals surface area (Å²) in [4.78, 5) is 41.7. The number of carbonyl (C=O) groups is 3. The second-order valence-corrected chi connectivity index (χ2v) is 8.75. The molecule has 3 rings (SSSR count). The minimum absolute atomic E-state index is 0.0449. The van der Waals surface area contributed by atoms with Gasteiger partial charge in [0.05, 0.1) is 4.90 Å². The van der Waals surface area contributed by atoms with Crippen molar-refractivity contribution in [2.45, 2.75) is 17.7 Å². The zero-order chi connectivity index (χ0) is 22.3. The Kier molecular flexibility index (Phi) is 7.32. The van der Waals surface area contributed by atoms with Crippen molar-refractivity contribution in [2.24, 2.45) is 0 Å². The largest absolute Gasteiger partial charge is 0.340 e. The van der Waals surface area contributed by atoms with Crippen molar-refractivity contribution in [1.29, 1.82) is 0 Å². The van der Waals surface area contributed by atoms with E-state index in [0.29, 0.717) is 0 Å². The number of aromatic nitrogens is 1. The van der Waals surface area contributed by atoms with Crippen LogP contribution in [0.2, 0.25) is 0 Å². The van der Waals surface area contributed by atoms with E-state index in [1.807, 2.05) is 0 Å². The van der Waals surface area contributed by atoms with E-state index in [1.165, 1.54) is 33.6 Å². The van der Waals surface area contributed by atoms with Gasteiger partial charge in [-0.05, 0) is 24.3 Å². The summed E-state index contributed by atoms with van der Waals surface area (Å²) < 4.78 is 26.6. The number of hydrogen-bond acceptors (Lipinski definition) is 6. The maximum absolute atomic E-state index is 12.6. The maximum atomic E-state index is 12.6. The summed E-state index contributed by atoms with van der Waals surface area (Å²) in [6.45, 7) is 0.885. The highest BCUT2D eigenvalue weighted by Gasteiger charge is 2.29. The Bertz CT molecular complexity index is 1020. The van der Waals surface area contributed by atoms with Crippen molar-refractivity contribution in [3.05, 3.63) is 60.4 Å². The molecule has 10 nitrogen and oxygen atoms in total. The van der Waals surface area contributed by atoms with Crippen molar-refractivity contribution in [2.75, 3.05) is 26.2 Å². The fraction of sp³-hybridized carbons (Fsp3) is 0.300. The number of rotatable bonds is 6. The molecule has 31 heavy (non-hydrogen) atoms. The number of nitrogens with one attached hydrogen (secondary N) is 2. The van der Waals surface area contributed by atoms with E-state index in [9.17, 15) is 22.8 Å². The van der Waals surface area contributed by atoms with Gasteiger partial charge in [-0.1, -0.05) is 24.3 Å². The number of hydrazine groups is 1. The predicted molar refractivity (Wildman–Crippen MR) is 111 cm³/mol. The molecule has 0 aliphatic carbocycles. The van der Waals surface area contributed by atoms with E-state index >= 15 is 0 Å². The molecule has 1 saturated heterocycles. The highest BCUT2D eigenvalue weighted by molar-refractivity contribution is 7.89. The summed E-state index contributed by atoms with van der Waals surface area (Å²) >= 11 is 0. The van der Waals surface area contributed by atoms with Gasteiger partial charge in [-0.2, -0.15) is 4.31 Å². The zero-order valence-corrected chi connectivity index (χ0v) is 17.5. The van der Waals surface area contributed by atoms with Gasteiger partial charge in [-0.25, -0.2) is 8.42 Å². The van der Waals surface area contributed by atoms with Crippen LogP contribution in [-0.2, 0) is 19.6 Å². The van der Waals surface area contributed by atoms with Crippen molar-refractivity contribution in [3.8, 4) is 0 Å². The Labute approximate surface area is 180 Å². The van der Waals surface area contributed by atoms with Crippen LogP contribution in [0.15, 0.2) is 59.6 Å². The average Bonchev–Trinajstić information content (AvgIpc) is 2.82. The van der Waals surface area contributed by atoms with Crippen LogP contribution in [0.25, 0.3) is 0 Å². The first kappa shape index (κ1) is 22.4. The van der Waals surface area contributed by atoms with Gasteiger partial charge in [0, 0.05) is 45.2 Å². The molecule has 2 heterocycles. The molecule has 2 N–H and O–H groups in total. The molecule has 1 fully saturated rings. The molecule has 0 bridgehead atoms. The third kappa shape index (κ3) is 5.86. The molecule has 0 spiro atoms. The molecule has 3 amide bonds. The van der Waals surface area contributed by atoms with Crippen LogP contribution >= 0.6 is 0 Å². The fourth-order valence-electron chi connectivity index (χ4n) is 3.05. The normalized spacial score (nSPS) is 14.6. The van der Waals surface area contributed by atoms with Crippen LogP contribution in [-0.4, -0.2) is 66.5 Å². The molecule has 11 heteroatoms. The van der Waals surface area contributed by atoms with Crippen LogP contribution in [0.5, 0.6) is 0 Å². The number of carbonyl (C=O) groups excluding carboxylic acids is 3. The molecule has 2 aromatic rings. The lowest BCUT2D eigenvalue weighted by molar-refractivity contribution is -0.134. The molecule has 0 unspecified atom stereocenters. The second-order valence-electron chi connectivity index (χ2n) is 6.82. The SMILES string of the molecule is O=C(CCC(=O)N1CCN(S(=O)(=O)c2ccccc2)CC1)NNC(=O)c1ccccn1. The lowest BCUT2D eigenvalue weighted by Crippen LogP contribution is -2.50. The number of sulfonamides is 1. The summed E-state index contributed by atoms with van der Waals surface area (Å²) in [5.74, 6) is -1.32. The molecule has 0 atom stereocenters. The second kappa shape index (κ2) is 10.1. The smallest absolute Gasteiger partial charge is 0.288 e. The number of pyridine rings is 1. The van der Waals surface area contributed by atoms with Crippen molar-refractivity contribution in [1.82, 2.24) is 25.0 Å². The van der Waals surface area contributed by atoms with Crippen LogP contribution in [0.1, 0.15) is 23.3 Å². The number of nitrogens with zero attached hydrogens (tertiary/aromatic N) is 3. The molecule has 1 aromatic heterocycles. The number of piperazine rings is 1. The monoisotopic (exact) mass is 445 g/mol. The average molecular weight is 446 g/mol. The number of benzene rings is 1. The van der Waals surface area contributed by atoms with Crippen molar-refractivity contribution >= 4 is 27.7 Å². The van der Waals surface area contributed by atoms with Gasteiger partial charge in [-0.15, -0.1) is 0 Å². The van der Waals surface area contributed by atoms with Gasteiger partial charge in [0.15, 0.2) is 0 Å². The van der Waals surface area contributed by atoms with Gasteiger partial charge < -0.3 is 4.90 Å². The summed E-state index contributed by atoms with van der Waals surface area (Å²) in [5.41, 5.74) is 4.64. The van der Waals surface area contributed by atoms with Crippen LogP contribution < -0.4 is 10.9 Å². The molecule has 1 aliphatic rings. The molecular weight excluding hydrogens is 422 g/mol. The highest BCUT2D eigenvalue weighted by Crippen LogP contribution is 2.17. The van der Waals surface area contributed by atoms with Gasteiger partial charge >= 0.3 is 0 Å². The van der Waals surface area contributed by atoms with Gasteiger partial charge in [0.25, 0.3) is 5.91 Å². The molecule has 1 aliphatic heterocycles. The Hall–Kier alpha value is -3.31. The third-order valence-electron chi connectivity index (χ3n) is 4.75. The molecule has 0 radical (unpaired) electrons. The summed E-state index contributed by atoms with van der Waals surface area (Å²) in [6, 6.07) is 13.0. The van der Waals surface area contributed by atoms with E-state index < -0.39 is 21.8 Å². The minimum atomic E-state index is -3.59. The quantitative estimate of drug-likeness (QED) is 0.610. The third-order valence-corrected chi connectivity index (χ3v) is 6.66. The summed E-state index contributed by atoms with van der Waals surface area (Å²) in [5, 5.41) is 0. The van der Waals surface area contributed by atoms with E-state index in [0.717, 1.165) is 0 Å². The molecular formula is C20H23N5O5S. The van der Waals surface area contributed by atoms with E-state index in [2.05, 4.69) is 15.8 Å². The van der Waals surface area contributed by atoms with Crippen molar-refractivity contribution < 1.29 is 22.8 Å². The standard InChI is InChI=1S/C20H23N5O5S/c26-18(22-23-20(28)17-8-4-5-11-21-17)9-10-19(27)24-12-14-25(15-13-24)31(29,30)16-6-2-1-3-7-16/h1-8,11H,9-10,12-15H2,(H,22,26)(H,23,28). The van der Waals surface area contributed by atoms with Crippen molar-refractivity contribution in [3.63, 3.8) is 0 Å². The zero-order valence-electron chi connectivity index (χ0n) is 16.7. The highest BCUT2D eigenvalue weighted by atomic mass is 32.2. The maximum Gasteiger partial charge on any atom is 0.288 e. The van der Waals surface area contributed by atoms with E-state index in [4.69, 9.17) is 0 Å². The first-order valence-corrected chi connectivity index (χ1v) is 11.1. The van der Waals surface area contributed by atoms with Gasteiger partial charge in [-0.3, -0.25) is 30.2 Å². The Morgan fingerprint density at radius 3 is 2.19 bits per heavy atom. The van der Waals surface area contributed by atoms with Crippen LogP contribution in [0.4, 0.5) is 0 Å². The first-order chi connectivity index (χ1) is 14.9.